The lowest BCUT2D eigenvalue weighted by atomic mass is 10.2. The largest absolute Gasteiger partial charge is 0.315 e. The molecule has 1 aromatic heterocycles. The number of hydrogen-bond acceptors (Lipinski definition) is 3. The molecular formula is C19H19FN2O2S. The number of carbonyl (C=O) groups is 2. The van der Waals surface area contributed by atoms with E-state index in [0.29, 0.717) is 10.6 Å². The molecule has 2 heterocycles. The minimum atomic E-state index is -0.309. The second kappa shape index (κ2) is 6.52. The number of aryl methyl sites for hydroxylation is 1. The molecule has 2 aromatic rings. The van der Waals surface area contributed by atoms with Crippen LogP contribution in [0.2, 0.25) is 0 Å². The van der Waals surface area contributed by atoms with Gasteiger partial charge in [-0.15, -0.1) is 0 Å². The summed E-state index contributed by atoms with van der Waals surface area (Å²) in [6.07, 6.45) is 1.72. The summed E-state index contributed by atoms with van der Waals surface area (Å²) >= 11 is 0.943. The highest BCUT2D eigenvalue weighted by Crippen LogP contribution is 2.34. The van der Waals surface area contributed by atoms with Gasteiger partial charge in [-0.25, -0.2) is 4.39 Å². The second-order valence-electron chi connectivity index (χ2n) is 6.26. The first kappa shape index (κ1) is 17.5. The van der Waals surface area contributed by atoms with Crippen LogP contribution < -0.4 is 0 Å². The smallest absolute Gasteiger partial charge is 0.293 e. The molecule has 0 aliphatic carbocycles. The van der Waals surface area contributed by atoms with E-state index in [-0.39, 0.29) is 23.0 Å². The minimum Gasteiger partial charge on any atom is -0.315 e. The SMILES string of the molecule is Cc1cc(C=C2SC(=O)N(C(C)C)C2=O)c(C)n1-c1ccccc1F. The van der Waals surface area contributed by atoms with Crippen molar-refractivity contribution >= 4 is 29.0 Å². The number of para-hydroxylation sites is 1. The molecule has 1 aliphatic rings. The van der Waals surface area contributed by atoms with Gasteiger partial charge in [0.25, 0.3) is 11.1 Å². The number of aromatic nitrogens is 1. The first-order valence-corrected chi connectivity index (χ1v) is 8.83. The highest BCUT2D eigenvalue weighted by molar-refractivity contribution is 8.18. The van der Waals surface area contributed by atoms with Crippen molar-refractivity contribution in [1.29, 1.82) is 0 Å². The fourth-order valence-electron chi connectivity index (χ4n) is 3.00. The van der Waals surface area contributed by atoms with E-state index in [0.717, 1.165) is 28.7 Å². The zero-order valence-electron chi connectivity index (χ0n) is 14.5. The van der Waals surface area contributed by atoms with E-state index >= 15 is 0 Å². The molecule has 2 amide bonds. The van der Waals surface area contributed by atoms with Gasteiger partial charge < -0.3 is 4.57 Å². The molecule has 25 heavy (non-hydrogen) atoms. The van der Waals surface area contributed by atoms with E-state index < -0.39 is 0 Å². The number of benzene rings is 1. The van der Waals surface area contributed by atoms with Crippen LogP contribution in [0.25, 0.3) is 11.8 Å². The molecule has 0 radical (unpaired) electrons. The molecule has 6 heteroatoms. The van der Waals surface area contributed by atoms with Crippen molar-refractivity contribution < 1.29 is 14.0 Å². The zero-order valence-corrected chi connectivity index (χ0v) is 15.4. The summed E-state index contributed by atoms with van der Waals surface area (Å²) in [4.78, 5) is 26.1. The Morgan fingerprint density at radius 1 is 1.16 bits per heavy atom. The fraction of sp³-hybridized carbons (Fsp3) is 0.263. The van der Waals surface area contributed by atoms with E-state index in [4.69, 9.17) is 0 Å². The molecule has 1 saturated heterocycles. The fourth-order valence-corrected chi connectivity index (χ4v) is 3.96. The molecule has 0 atom stereocenters. The standard InChI is InChI=1S/C19H19FN2O2S/c1-11(2)21-18(23)17(25-19(21)24)10-14-9-12(3)22(13(14)4)16-8-6-5-7-15(16)20/h5-11H,1-4H3. The summed E-state index contributed by atoms with van der Waals surface area (Å²) < 4.78 is 16.0. The normalized spacial score (nSPS) is 16.6. The van der Waals surface area contributed by atoms with Crippen LogP contribution in [0.3, 0.4) is 0 Å². The zero-order chi connectivity index (χ0) is 18.3. The average molecular weight is 358 g/mol. The number of hydrogen-bond donors (Lipinski definition) is 0. The van der Waals surface area contributed by atoms with Gasteiger partial charge in [0.05, 0.1) is 10.6 Å². The average Bonchev–Trinajstić information content (AvgIpc) is 2.97. The van der Waals surface area contributed by atoms with Crippen molar-refractivity contribution in [2.45, 2.75) is 33.7 Å². The third-order valence-electron chi connectivity index (χ3n) is 4.19. The van der Waals surface area contributed by atoms with Gasteiger partial charge >= 0.3 is 0 Å². The van der Waals surface area contributed by atoms with E-state index in [9.17, 15) is 14.0 Å². The molecule has 0 N–H and O–H groups in total. The van der Waals surface area contributed by atoms with Gasteiger partial charge in [0.2, 0.25) is 0 Å². The number of thioether (sulfide) groups is 1. The predicted octanol–water partition coefficient (Wildman–Crippen LogP) is 4.68. The van der Waals surface area contributed by atoms with Crippen LogP contribution in [0, 0.1) is 19.7 Å². The summed E-state index contributed by atoms with van der Waals surface area (Å²) in [5.41, 5.74) is 2.94. The molecule has 0 spiro atoms. The van der Waals surface area contributed by atoms with Gasteiger partial charge in [-0.3, -0.25) is 14.5 Å². The van der Waals surface area contributed by atoms with Crippen molar-refractivity contribution in [3.63, 3.8) is 0 Å². The Bertz CT molecular complexity index is 899. The van der Waals surface area contributed by atoms with Crippen molar-refractivity contribution in [2.24, 2.45) is 0 Å². The summed E-state index contributed by atoms with van der Waals surface area (Å²) in [6, 6.07) is 8.28. The number of rotatable bonds is 3. The highest BCUT2D eigenvalue weighted by Gasteiger charge is 2.36. The predicted molar refractivity (Wildman–Crippen MR) is 98.1 cm³/mol. The van der Waals surface area contributed by atoms with Crippen LogP contribution in [-0.2, 0) is 4.79 Å². The quantitative estimate of drug-likeness (QED) is 0.748. The van der Waals surface area contributed by atoms with E-state index in [2.05, 4.69) is 0 Å². The van der Waals surface area contributed by atoms with Crippen LogP contribution in [0.4, 0.5) is 9.18 Å². The van der Waals surface area contributed by atoms with Gasteiger partial charge in [0, 0.05) is 17.4 Å². The number of carbonyl (C=O) groups excluding carboxylic acids is 2. The maximum atomic E-state index is 14.2. The van der Waals surface area contributed by atoms with Crippen molar-refractivity contribution in [3.05, 3.63) is 58.0 Å². The number of imide groups is 1. The Morgan fingerprint density at radius 2 is 1.84 bits per heavy atom. The molecular weight excluding hydrogens is 339 g/mol. The Morgan fingerprint density at radius 3 is 2.44 bits per heavy atom. The topological polar surface area (TPSA) is 42.3 Å². The van der Waals surface area contributed by atoms with E-state index in [1.807, 2.05) is 38.3 Å². The highest BCUT2D eigenvalue weighted by atomic mass is 32.2. The minimum absolute atomic E-state index is 0.177. The van der Waals surface area contributed by atoms with Crippen molar-refractivity contribution in [3.8, 4) is 5.69 Å². The van der Waals surface area contributed by atoms with Gasteiger partial charge in [-0.2, -0.15) is 0 Å². The molecule has 130 valence electrons. The number of nitrogens with zero attached hydrogens (tertiary/aromatic N) is 2. The third-order valence-corrected chi connectivity index (χ3v) is 5.07. The van der Waals surface area contributed by atoms with Gasteiger partial charge in [0.15, 0.2) is 0 Å². The molecule has 1 aliphatic heterocycles. The summed E-state index contributed by atoms with van der Waals surface area (Å²) in [7, 11) is 0. The summed E-state index contributed by atoms with van der Waals surface area (Å²) in [5.74, 6) is -0.586. The lowest BCUT2D eigenvalue weighted by Gasteiger charge is -2.16. The third kappa shape index (κ3) is 3.02. The van der Waals surface area contributed by atoms with Crippen LogP contribution in [0.5, 0.6) is 0 Å². The first-order chi connectivity index (χ1) is 11.8. The molecule has 0 unspecified atom stereocenters. The Hall–Kier alpha value is -2.34. The Kier molecular flexibility index (Phi) is 4.56. The Balaban J connectivity index is 2.04. The lowest BCUT2D eigenvalue weighted by molar-refractivity contribution is -0.123. The van der Waals surface area contributed by atoms with Gasteiger partial charge in [-0.05, 0) is 69.3 Å². The maximum absolute atomic E-state index is 14.2. The van der Waals surface area contributed by atoms with Crippen LogP contribution >= 0.6 is 11.8 Å². The second-order valence-corrected chi connectivity index (χ2v) is 7.25. The van der Waals surface area contributed by atoms with Gasteiger partial charge in [-0.1, -0.05) is 12.1 Å². The molecule has 0 bridgehead atoms. The molecule has 3 rings (SSSR count). The van der Waals surface area contributed by atoms with Crippen LogP contribution in [0.15, 0.2) is 35.2 Å². The molecule has 4 nitrogen and oxygen atoms in total. The van der Waals surface area contributed by atoms with Crippen LogP contribution in [0.1, 0.15) is 30.8 Å². The van der Waals surface area contributed by atoms with Crippen molar-refractivity contribution in [2.75, 3.05) is 0 Å². The number of amides is 2. The molecule has 1 aromatic carbocycles. The molecule has 1 fully saturated rings. The maximum Gasteiger partial charge on any atom is 0.293 e. The Labute approximate surface area is 150 Å². The van der Waals surface area contributed by atoms with E-state index in [1.165, 1.54) is 11.0 Å². The first-order valence-electron chi connectivity index (χ1n) is 8.02. The molecule has 0 saturated carbocycles. The monoisotopic (exact) mass is 358 g/mol. The number of halogens is 1. The summed E-state index contributed by atoms with van der Waals surface area (Å²) in [6.45, 7) is 7.38. The lowest BCUT2D eigenvalue weighted by Crippen LogP contribution is -2.34. The summed E-state index contributed by atoms with van der Waals surface area (Å²) in [5, 5.41) is -0.255. The van der Waals surface area contributed by atoms with E-state index in [1.54, 1.807) is 24.3 Å². The van der Waals surface area contributed by atoms with Crippen molar-refractivity contribution in [1.82, 2.24) is 9.47 Å². The van der Waals surface area contributed by atoms with Crippen LogP contribution in [-0.4, -0.2) is 26.7 Å². The van der Waals surface area contributed by atoms with Gasteiger partial charge in [0.1, 0.15) is 5.82 Å².